The zero-order chi connectivity index (χ0) is 22.4. The summed E-state index contributed by atoms with van der Waals surface area (Å²) in [6.45, 7) is 8.04. The summed E-state index contributed by atoms with van der Waals surface area (Å²) >= 11 is 0. The lowest BCUT2D eigenvalue weighted by molar-refractivity contribution is 0.756. The highest BCUT2D eigenvalue weighted by atomic mass is 15.3. The Labute approximate surface area is 185 Å². The molecule has 0 amide bonds. The van der Waals surface area contributed by atoms with Crippen molar-refractivity contribution in [3.8, 4) is 11.3 Å². The predicted octanol–water partition coefficient (Wildman–Crippen LogP) is 4.80. The van der Waals surface area contributed by atoms with Crippen LogP contribution in [-0.2, 0) is 7.05 Å². The van der Waals surface area contributed by atoms with Gasteiger partial charge in [0.05, 0.1) is 28.3 Å². The van der Waals surface area contributed by atoms with Gasteiger partial charge >= 0.3 is 0 Å². The number of anilines is 4. The van der Waals surface area contributed by atoms with Crippen LogP contribution in [0, 0.1) is 27.7 Å². The van der Waals surface area contributed by atoms with E-state index in [0.717, 1.165) is 62.0 Å². The molecule has 0 atom stereocenters. The lowest BCUT2D eigenvalue weighted by Crippen LogP contribution is -2.00. The number of H-pyrrole nitrogens is 2. The number of aryl methyl sites for hydroxylation is 5. The van der Waals surface area contributed by atoms with Crippen molar-refractivity contribution in [1.82, 2.24) is 34.7 Å². The molecule has 0 saturated carbocycles. The molecule has 0 spiro atoms. The minimum Gasteiger partial charge on any atom is -0.361 e. The number of aromatic amines is 2. The van der Waals surface area contributed by atoms with Crippen LogP contribution in [0.1, 0.15) is 22.6 Å². The first-order valence-electron chi connectivity index (χ1n) is 10.4. The van der Waals surface area contributed by atoms with E-state index >= 15 is 0 Å². The Morgan fingerprint density at radius 1 is 1.03 bits per heavy atom. The van der Waals surface area contributed by atoms with E-state index in [9.17, 15) is 0 Å². The van der Waals surface area contributed by atoms with Crippen LogP contribution in [0.2, 0.25) is 0 Å². The van der Waals surface area contributed by atoms with Crippen LogP contribution >= 0.6 is 0 Å². The molecule has 0 aliphatic rings. The van der Waals surface area contributed by atoms with E-state index in [2.05, 4.69) is 41.7 Å². The number of rotatable bonds is 5. The fourth-order valence-electron chi connectivity index (χ4n) is 3.94. The van der Waals surface area contributed by atoms with Gasteiger partial charge in [0.25, 0.3) is 0 Å². The Morgan fingerprint density at radius 2 is 1.88 bits per heavy atom. The Balaban J connectivity index is 1.53. The number of fused-ring (bicyclic) bond motifs is 1. The van der Waals surface area contributed by atoms with Crippen LogP contribution in [0.5, 0.6) is 0 Å². The Bertz CT molecular complexity index is 1440. The molecular formula is C23H25N9. The molecule has 0 unspecified atom stereocenters. The number of nitrogens with one attached hydrogen (secondary N) is 4. The normalized spacial score (nSPS) is 11.3. The standard InChI is InChI=1S/C23H25N9/c1-12-9-26-23(29-19-11-32(5)31-15(19)4)30-20(12)17-10-25-21-16(17)6-7-24-22(21)28-18-8-13(2)27-14(18)3/h6-11,25,27H,1-5H3,(H,24,28)(H,26,29,30). The maximum absolute atomic E-state index is 4.82. The van der Waals surface area contributed by atoms with Gasteiger partial charge in [0.1, 0.15) is 0 Å². The van der Waals surface area contributed by atoms with Gasteiger partial charge in [-0.2, -0.15) is 5.10 Å². The summed E-state index contributed by atoms with van der Waals surface area (Å²) in [5.74, 6) is 1.30. The molecule has 9 nitrogen and oxygen atoms in total. The van der Waals surface area contributed by atoms with Crippen molar-refractivity contribution in [2.24, 2.45) is 7.05 Å². The average Bonchev–Trinajstić information content (AvgIpc) is 3.41. The molecule has 9 heteroatoms. The zero-order valence-corrected chi connectivity index (χ0v) is 18.7. The fourth-order valence-corrected chi connectivity index (χ4v) is 3.94. The number of pyridine rings is 1. The Morgan fingerprint density at radius 3 is 2.59 bits per heavy atom. The number of aromatic nitrogens is 7. The Kier molecular flexibility index (Phi) is 4.66. The van der Waals surface area contributed by atoms with Crippen LogP contribution in [0.3, 0.4) is 0 Å². The second-order valence-electron chi connectivity index (χ2n) is 8.05. The van der Waals surface area contributed by atoms with Gasteiger partial charge < -0.3 is 20.6 Å². The summed E-state index contributed by atoms with van der Waals surface area (Å²) in [5, 5.41) is 12.1. The van der Waals surface area contributed by atoms with Crippen LogP contribution in [0.25, 0.3) is 22.2 Å². The van der Waals surface area contributed by atoms with Gasteiger partial charge in [-0.3, -0.25) is 4.68 Å². The van der Waals surface area contributed by atoms with E-state index in [0.29, 0.717) is 5.95 Å². The molecule has 0 fully saturated rings. The van der Waals surface area contributed by atoms with E-state index < -0.39 is 0 Å². The van der Waals surface area contributed by atoms with Gasteiger partial charge in [-0.05, 0) is 45.4 Å². The molecule has 5 rings (SSSR count). The van der Waals surface area contributed by atoms with Crippen molar-refractivity contribution in [3.05, 3.63) is 59.6 Å². The largest absolute Gasteiger partial charge is 0.361 e. The highest BCUT2D eigenvalue weighted by Gasteiger charge is 2.16. The Hall–Kier alpha value is -4.14. The summed E-state index contributed by atoms with van der Waals surface area (Å²) in [5.41, 5.74) is 8.73. The number of hydrogen-bond donors (Lipinski definition) is 4. The minimum absolute atomic E-state index is 0.530. The summed E-state index contributed by atoms with van der Waals surface area (Å²) in [6.07, 6.45) is 7.53. The van der Waals surface area contributed by atoms with Gasteiger partial charge in [0, 0.05) is 54.2 Å². The zero-order valence-electron chi connectivity index (χ0n) is 18.7. The van der Waals surface area contributed by atoms with Gasteiger partial charge in [-0.25, -0.2) is 15.0 Å². The average molecular weight is 428 g/mol. The molecule has 0 aromatic carbocycles. The van der Waals surface area contributed by atoms with Crippen molar-refractivity contribution in [3.63, 3.8) is 0 Å². The smallest absolute Gasteiger partial charge is 0.227 e. The van der Waals surface area contributed by atoms with Crippen LogP contribution in [-0.4, -0.2) is 34.7 Å². The molecule has 0 radical (unpaired) electrons. The fraction of sp³-hybridized carbons (Fsp3) is 0.217. The van der Waals surface area contributed by atoms with E-state index in [1.807, 2.05) is 65.6 Å². The molecule has 32 heavy (non-hydrogen) atoms. The second-order valence-corrected chi connectivity index (χ2v) is 8.05. The number of hydrogen-bond acceptors (Lipinski definition) is 6. The molecule has 162 valence electrons. The molecule has 5 aromatic rings. The lowest BCUT2D eigenvalue weighted by Gasteiger charge is -2.09. The third-order valence-electron chi connectivity index (χ3n) is 5.49. The maximum Gasteiger partial charge on any atom is 0.227 e. The SMILES string of the molecule is Cc1cc(Nc2nccc3c(-c4nc(Nc5cn(C)nc5C)ncc4C)c[nH]c23)c(C)[nH]1. The summed E-state index contributed by atoms with van der Waals surface area (Å²) in [7, 11) is 1.89. The third-order valence-corrected chi connectivity index (χ3v) is 5.49. The monoisotopic (exact) mass is 427 g/mol. The van der Waals surface area contributed by atoms with Crippen LogP contribution in [0.15, 0.2) is 36.9 Å². The first-order chi connectivity index (χ1) is 15.4. The molecule has 5 aromatic heterocycles. The van der Waals surface area contributed by atoms with Crippen molar-refractivity contribution in [1.29, 1.82) is 0 Å². The van der Waals surface area contributed by atoms with Gasteiger partial charge in [0.2, 0.25) is 5.95 Å². The van der Waals surface area contributed by atoms with Crippen molar-refractivity contribution in [2.45, 2.75) is 27.7 Å². The highest BCUT2D eigenvalue weighted by Crippen LogP contribution is 2.34. The first-order valence-corrected chi connectivity index (χ1v) is 10.4. The third kappa shape index (κ3) is 3.47. The van der Waals surface area contributed by atoms with Crippen LogP contribution in [0.4, 0.5) is 23.1 Å². The van der Waals surface area contributed by atoms with Crippen molar-refractivity contribution >= 4 is 34.0 Å². The quantitative estimate of drug-likeness (QED) is 0.320. The highest BCUT2D eigenvalue weighted by molar-refractivity contribution is 6.01. The number of nitrogens with zero attached hydrogens (tertiary/aromatic N) is 5. The van der Waals surface area contributed by atoms with E-state index in [1.165, 1.54) is 0 Å². The summed E-state index contributed by atoms with van der Waals surface area (Å²) < 4.78 is 1.77. The van der Waals surface area contributed by atoms with E-state index in [1.54, 1.807) is 4.68 Å². The maximum atomic E-state index is 4.82. The lowest BCUT2D eigenvalue weighted by atomic mass is 10.1. The minimum atomic E-state index is 0.530. The molecule has 0 aliphatic heterocycles. The molecule has 0 aliphatic carbocycles. The molecule has 0 saturated heterocycles. The van der Waals surface area contributed by atoms with E-state index in [-0.39, 0.29) is 0 Å². The molecule has 5 heterocycles. The first kappa shape index (κ1) is 19.8. The van der Waals surface area contributed by atoms with Gasteiger partial charge in [-0.1, -0.05) is 0 Å². The second kappa shape index (κ2) is 7.52. The topological polar surface area (TPSA) is 112 Å². The van der Waals surface area contributed by atoms with Crippen molar-refractivity contribution < 1.29 is 0 Å². The van der Waals surface area contributed by atoms with Crippen molar-refractivity contribution in [2.75, 3.05) is 10.6 Å². The van der Waals surface area contributed by atoms with E-state index in [4.69, 9.17) is 4.98 Å². The molecular weight excluding hydrogens is 402 g/mol. The molecule has 4 N–H and O–H groups in total. The van der Waals surface area contributed by atoms with Gasteiger partial charge in [0.15, 0.2) is 5.82 Å². The predicted molar refractivity (Wildman–Crippen MR) is 127 cm³/mol. The molecule has 0 bridgehead atoms. The van der Waals surface area contributed by atoms with Crippen LogP contribution < -0.4 is 10.6 Å². The summed E-state index contributed by atoms with van der Waals surface area (Å²) in [4.78, 5) is 20.5. The van der Waals surface area contributed by atoms with Gasteiger partial charge in [-0.15, -0.1) is 0 Å². The summed E-state index contributed by atoms with van der Waals surface area (Å²) in [6, 6.07) is 4.08.